The normalized spacial score (nSPS) is 14.2. The highest BCUT2D eigenvalue weighted by atomic mass is 35.5. The number of halogens is 4. The van der Waals surface area contributed by atoms with Crippen LogP contribution in [0.5, 0.6) is 0 Å². The molecule has 35 heavy (non-hydrogen) atoms. The van der Waals surface area contributed by atoms with E-state index in [-0.39, 0.29) is 0 Å². The number of carbonyl (C=O) groups is 2. The van der Waals surface area contributed by atoms with Gasteiger partial charge in [-0.15, -0.1) is 0 Å². The third-order valence-electron chi connectivity index (χ3n) is 5.08. The molecular weight excluding hydrogens is 493 g/mol. The number of aryl methyl sites for hydroxylation is 1. The van der Waals surface area contributed by atoms with Crippen molar-refractivity contribution in [2.75, 3.05) is 36.0 Å². The van der Waals surface area contributed by atoms with E-state index in [4.69, 9.17) is 26.6 Å². The highest BCUT2D eigenvalue weighted by molar-refractivity contribution is 6.30. The summed E-state index contributed by atoms with van der Waals surface area (Å²) >= 11 is 6.17. The number of alkyl halides is 3. The highest BCUT2D eigenvalue weighted by Gasteiger charge is 2.38. The molecule has 3 heterocycles. The number of aromatic nitrogens is 4. The maximum Gasteiger partial charge on any atom is 0.490 e. The standard InChI is InChI=1S/C19H19ClN6O2.C2HF3O2/c1-12-2-3-13(20)10-15(12)25-6-8-26(9-7-25)19-17-14(4-5-16(27)28)23-24-18(17)21-11-22-19;3-2(4,5)1(6)7/h2-5,10-11H,6-9H2,1H3,(H,27,28)(H,21,22,23,24);(H,6,7)/b5-4+;. The van der Waals surface area contributed by atoms with Gasteiger partial charge in [-0.25, -0.2) is 19.6 Å². The van der Waals surface area contributed by atoms with E-state index >= 15 is 0 Å². The van der Waals surface area contributed by atoms with E-state index in [1.807, 2.05) is 18.2 Å². The molecule has 186 valence electrons. The second kappa shape index (κ2) is 10.6. The first-order valence-electron chi connectivity index (χ1n) is 10.1. The zero-order valence-electron chi connectivity index (χ0n) is 18.3. The Hall–Kier alpha value is -3.87. The molecule has 1 saturated heterocycles. The van der Waals surface area contributed by atoms with Crippen LogP contribution in [0.3, 0.4) is 0 Å². The molecule has 1 aromatic carbocycles. The summed E-state index contributed by atoms with van der Waals surface area (Å²) in [6.07, 6.45) is -1.07. The lowest BCUT2D eigenvalue weighted by Gasteiger charge is -2.37. The summed E-state index contributed by atoms with van der Waals surface area (Å²) in [5.41, 5.74) is 3.44. The van der Waals surface area contributed by atoms with Crippen molar-refractivity contribution in [3.63, 3.8) is 0 Å². The summed E-state index contributed by atoms with van der Waals surface area (Å²) in [6, 6.07) is 5.93. The zero-order chi connectivity index (χ0) is 25.8. The number of carboxylic acid groups (broad SMARTS) is 2. The molecule has 3 N–H and O–H groups in total. The van der Waals surface area contributed by atoms with Crippen LogP contribution in [0.4, 0.5) is 24.7 Å². The second-order valence-electron chi connectivity index (χ2n) is 7.41. The van der Waals surface area contributed by atoms with Crippen LogP contribution in [0.2, 0.25) is 5.02 Å². The summed E-state index contributed by atoms with van der Waals surface area (Å²) in [4.78, 5) is 32.9. The first-order chi connectivity index (χ1) is 16.5. The van der Waals surface area contributed by atoms with Gasteiger partial charge in [0.1, 0.15) is 12.1 Å². The molecule has 0 amide bonds. The first kappa shape index (κ1) is 25.7. The Bertz CT molecular complexity index is 1260. The molecule has 2 aromatic heterocycles. The number of benzene rings is 1. The molecule has 14 heteroatoms. The van der Waals surface area contributed by atoms with Crippen molar-refractivity contribution in [1.29, 1.82) is 0 Å². The number of aliphatic carboxylic acids is 2. The average molecular weight is 513 g/mol. The van der Waals surface area contributed by atoms with Gasteiger partial charge in [0.2, 0.25) is 0 Å². The van der Waals surface area contributed by atoms with Crippen LogP contribution in [-0.2, 0) is 9.59 Å². The lowest BCUT2D eigenvalue weighted by atomic mass is 10.1. The fraction of sp³-hybridized carbons (Fsp3) is 0.286. The molecule has 1 aliphatic heterocycles. The monoisotopic (exact) mass is 512 g/mol. The molecule has 1 fully saturated rings. The van der Waals surface area contributed by atoms with Crippen LogP contribution in [-0.4, -0.2) is 74.7 Å². The Kier molecular flexibility index (Phi) is 7.79. The van der Waals surface area contributed by atoms with Crippen molar-refractivity contribution in [2.45, 2.75) is 13.1 Å². The van der Waals surface area contributed by atoms with Gasteiger partial charge in [0, 0.05) is 43.0 Å². The van der Waals surface area contributed by atoms with Crippen molar-refractivity contribution >= 4 is 52.2 Å². The fourth-order valence-corrected chi connectivity index (χ4v) is 3.63. The van der Waals surface area contributed by atoms with Crippen molar-refractivity contribution in [1.82, 2.24) is 20.2 Å². The maximum absolute atomic E-state index is 10.9. The molecular formula is C21H20ClF3N6O4. The zero-order valence-corrected chi connectivity index (χ0v) is 19.0. The predicted molar refractivity (Wildman–Crippen MR) is 123 cm³/mol. The predicted octanol–water partition coefficient (Wildman–Crippen LogP) is 3.37. The van der Waals surface area contributed by atoms with Crippen molar-refractivity contribution < 1.29 is 33.0 Å². The number of nitrogens with one attached hydrogen (secondary N) is 1. The number of fused-ring (bicyclic) bond motifs is 1. The highest BCUT2D eigenvalue weighted by Crippen LogP contribution is 2.29. The molecule has 0 radical (unpaired) electrons. The minimum absolute atomic E-state index is 0.515. The SMILES string of the molecule is Cc1ccc(Cl)cc1N1CCN(c2ncnc3[nH]nc(/C=C/C(=O)O)c23)CC1.O=C(O)C(F)(F)F. The summed E-state index contributed by atoms with van der Waals surface area (Å²) in [7, 11) is 0. The topological polar surface area (TPSA) is 136 Å². The molecule has 0 saturated carbocycles. The van der Waals surface area contributed by atoms with Gasteiger partial charge >= 0.3 is 18.1 Å². The number of hydrogen-bond donors (Lipinski definition) is 3. The molecule has 0 unspecified atom stereocenters. The van der Waals surface area contributed by atoms with Crippen LogP contribution in [0.1, 0.15) is 11.3 Å². The Labute approximate surface area is 201 Å². The third kappa shape index (κ3) is 6.38. The number of piperazine rings is 1. The van der Waals surface area contributed by atoms with Crippen LogP contribution in [0.25, 0.3) is 17.1 Å². The molecule has 4 rings (SSSR count). The van der Waals surface area contributed by atoms with Crippen LogP contribution in [0.15, 0.2) is 30.6 Å². The van der Waals surface area contributed by atoms with E-state index in [9.17, 15) is 18.0 Å². The quantitative estimate of drug-likeness (QED) is 0.449. The van der Waals surface area contributed by atoms with E-state index in [0.717, 1.165) is 54.2 Å². The fourth-order valence-electron chi connectivity index (χ4n) is 3.46. The van der Waals surface area contributed by atoms with E-state index in [0.29, 0.717) is 11.3 Å². The van der Waals surface area contributed by atoms with Gasteiger partial charge in [0.25, 0.3) is 0 Å². The minimum atomic E-state index is -5.08. The second-order valence-corrected chi connectivity index (χ2v) is 7.85. The Balaban J connectivity index is 0.000000429. The van der Waals surface area contributed by atoms with Crippen molar-refractivity contribution in [3.05, 3.63) is 46.9 Å². The minimum Gasteiger partial charge on any atom is -0.478 e. The number of H-pyrrole nitrogens is 1. The van der Waals surface area contributed by atoms with Crippen LogP contribution < -0.4 is 9.80 Å². The van der Waals surface area contributed by atoms with Gasteiger partial charge in [0.05, 0.1) is 11.1 Å². The Morgan fingerprint density at radius 2 is 1.74 bits per heavy atom. The largest absolute Gasteiger partial charge is 0.490 e. The number of anilines is 2. The van der Waals surface area contributed by atoms with E-state index in [1.165, 1.54) is 18.0 Å². The van der Waals surface area contributed by atoms with Gasteiger partial charge < -0.3 is 20.0 Å². The number of hydrogen-bond acceptors (Lipinski definition) is 7. The summed E-state index contributed by atoms with van der Waals surface area (Å²) in [5.74, 6) is -3.03. The van der Waals surface area contributed by atoms with Crippen LogP contribution >= 0.6 is 11.6 Å². The number of nitrogens with zero attached hydrogens (tertiary/aromatic N) is 5. The number of rotatable bonds is 4. The van der Waals surface area contributed by atoms with E-state index in [1.54, 1.807) is 0 Å². The summed E-state index contributed by atoms with van der Waals surface area (Å²) in [5, 5.41) is 24.5. The molecule has 0 atom stereocenters. The molecule has 0 aliphatic carbocycles. The average Bonchev–Trinajstić information content (AvgIpc) is 3.22. The molecule has 10 nitrogen and oxygen atoms in total. The first-order valence-corrected chi connectivity index (χ1v) is 10.5. The van der Waals surface area contributed by atoms with E-state index in [2.05, 4.69) is 36.9 Å². The smallest absolute Gasteiger partial charge is 0.478 e. The van der Waals surface area contributed by atoms with Gasteiger partial charge in [0.15, 0.2) is 5.65 Å². The maximum atomic E-state index is 10.9. The molecule has 0 spiro atoms. The lowest BCUT2D eigenvalue weighted by molar-refractivity contribution is -0.192. The van der Waals surface area contributed by atoms with E-state index < -0.39 is 18.1 Å². The summed E-state index contributed by atoms with van der Waals surface area (Å²) in [6.45, 7) is 5.27. The van der Waals surface area contributed by atoms with Gasteiger partial charge in [-0.1, -0.05) is 17.7 Å². The third-order valence-corrected chi connectivity index (χ3v) is 5.32. The lowest BCUT2D eigenvalue weighted by Crippen LogP contribution is -2.47. The van der Waals surface area contributed by atoms with Gasteiger partial charge in [-0.3, -0.25) is 5.10 Å². The van der Waals surface area contributed by atoms with Gasteiger partial charge in [-0.2, -0.15) is 18.3 Å². The Morgan fingerprint density at radius 1 is 1.11 bits per heavy atom. The number of carboxylic acids is 2. The molecule has 1 aliphatic rings. The van der Waals surface area contributed by atoms with Crippen molar-refractivity contribution in [3.8, 4) is 0 Å². The van der Waals surface area contributed by atoms with Crippen molar-refractivity contribution in [2.24, 2.45) is 0 Å². The number of aromatic amines is 1. The molecule has 0 bridgehead atoms. The van der Waals surface area contributed by atoms with Crippen LogP contribution in [0, 0.1) is 6.92 Å². The Morgan fingerprint density at radius 3 is 2.34 bits per heavy atom. The summed E-state index contributed by atoms with van der Waals surface area (Å²) < 4.78 is 31.7. The van der Waals surface area contributed by atoms with Gasteiger partial charge in [-0.05, 0) is 30.7 Å². The molecule has 3 aromatic rings.